The molecule has 0 saturated heterocycles. The Morgan fingerprint density at radius 1 is 0.967 bits per heavy atom. The Balaban J connectivity index is 0.00000106. The number of H-pyrrole nitrogens is 2. The van der Waals surface area contributed by atoms with E-state index < -0.39 is 0 Å². The zero-order chi connectivity index (χ0) is 21.3. The molecule has 0 radical (unpaired) electrons. The second kappa shape index (κ2) is 8.08. The molecule has 1 aliphatic carbocycles. The number of hydrogen-bond acceptors (Lipinski definition) is 0. The molecule has 0 spiro atoms. The number of aromatic nitrogens is 2. The molecule has 4 aromatic rings. The van der Waals surface area contributed by atoms with Crippen molar-refractivity contribution < 1.29 is 0 Å². The van der Waals surface area contributed by atoms with Crippen LogP contribution in [0, 0.1) is 6.92 Å². The number of nitrogens with one attached hydrogen (secondary N) is 2. The molecule has 2 N–H and O–H groups in total. The minimum atomic E-state index is 0.822. The third-order valence-electron chi connectivity index (χ3n) is 5.62. The van der Waals surface area contributed by atoms with Gasteiger partial charge in [-0.3, -0.25) is 0 Å². The van der Waals surface area contributed by atoms with Crippen molar-refractivity contribution in [2.24, 2.45) is 0 Å². The Hall–Kier alpha value is -3.52. The summed E-state index contributed by atoms with van der Waals surface area (Å²) in [6.45, 7) is 14.2. The lowest BCUT2D eigenvalue weighted by atomic mass is 9.91. The molecule has 0 amide bonds. The largest absolute Gasteiger partial charge is 0.358 e. The number of aryl methyl sites for hydroxylation is 1. The summed E-state index contributed by atoms with van der Waals surface area (Å²) in [6.07, 6.45) is 11.1. The zero-order valence-electron chi connectivity index (χ0n) is 18.0. The van der Waals surface area contributed by atoms with Gasteiger partial charge < -0.3 is 9.97 Å². The normalized spacial score (nSPS) is 14.0. The molecule has 2 aromatic carbocycles. The minimum absolute atomic E-state index is 0.822. The third-order valence-corrected chi connectivity index (χ3v) is 5.62. The smallest absolute Gasteiger partial charge is 0.0542 e. The molecule has 0 fully saturated rings. The first-order valence-corrected chi connectivity index (χ1v) is 10.6. The fraction of sp³-hybridized carbons (Fsp3) is 0.143. The number of para-hydroxylation sites is 1. The van der Waals surface area contributed by atoms with E-state index in [4.69, 9.17) is 0 Å². The first-order valence-electron chi connectivity index (χ1n) is 10.6. The van der Waals surface area contributed by atoms with Crippen molar-refractivity contribution in [2.45, 2.75) is 27.2 Å². The molecule has 0 aliphatic heterocycles. The van der Waals surface area contributed by atoms with Crippen LogP contribution in [0.25, 0.3) is 45.2 Å². The number of rotatable bonds is 2. The summed E-state index contributed by atoms with van der Waals surface area (Å²) in [5, 5.41) is 2.48. The fourth-order valence-electron chi connectivity index (χ4n) is 4.31. The van der Waals surface area contributed by atoms with E-state index in [0.29, 0.717) is 0 Å². The van der Waals surface area contributed by atoms with Gasteiger partial charge in [-0.2, -0.15) is 0 Å². The number of hydrogen-bond donors (Lipinski definition) is 2. The Morgan fingerprint density at radius 3 is 2.57 bits per heavy atom. The molecular weight excluding hydrogens is 364 g/mol. The van der Waals surface area contributed by atoms with Gasteiger partial charge in [-0.25, -0.2) is 0 Å². The molecule has 2 heteroatoms. The second-order valence-electron chi connectivity index (χ2n) is 7.40. The fourth-order valence-corrected chi connectivity index (χ4v) is 4.31. The van der Waals surface area contributed by atoms with Crippen molar-refractivity contribution in [1.82, 2.24) is 9.97 Å². The second-order valence-corrected chi connectivity index (χ2v) is 7.40. The van der Waals surface area contributed by atoms with Crippen LogP contribution in [-0.4, -0.2) is 9.97 Å². The van der Waals surface area contributed by atoms with Gasteiger partial charge in [0.2, 0.25) is 0 Å². The van der Waals surface area contributed by atoms with Gasteiger partial charge in [0, 0.05) is 38.7 Å². The molecule has 30 heavy (non-hydrogen) atoms. The van der Waals surface area contributed by atoms with E-state index in [1.807, 2.05) is 26.0 Å². The van der Waals surface area contributed by atoms with Gasteiger partial charge in [-0.1, -0.05) is 93.3 Å². The summed E-state index contributed by atoms with van der Waals surface area (Å²) in [5.74, 6) is 0. The van der Waals surface area contributed by atoms with E-state index in [0.717, 1.165) is 17.5 Å². The van der Waals surface area contributed by atoms with Crippen molar-refractivity contribution in [1.29, 1.82) is 0 Å². The van der Waals surface area contributed by atoms with Crippen LogP contribution in [0.1, 0.15) is 36.2 Å². The van der Waals surface area contributed by atoms with Crippen LogP contribution in [0.3, 0.4) is 0 Å². The van der Waals surface area contributed by atoms with E-state index >= 15 is 0 Å². The van der Waals surface area contributed by atoms with Gasteiger partial charge in [-0.05, 0) is 25.0 Å². The van der Waals surface area contributed by atoms with E-state index in [-0.39, 0.29) is 0 Å². The van der Waals surface area contributed by atoms with Gasteiger partial charge in [-0.15, -0.1) is 0 Å². The van der Waals surface area contributed by atoms with Gasteiger partial charge in [0.1, 0.15) is 0 Å². The summed E-state index contributed by atoms with van der Waals surface area (Å²) in [6, 6.07) is 13.0. The molecule has 150 valence electrons. The van der Waals surface area contributed by atoms with Crippen LogP contribution in [-0.2, 0) is 6.42 Å². The molecule has 0 saturated carbocycles. The van der Waals surface area contributed by atoms with Crippen molar-refractivity contribution in [3.05, 3.63) is 95.7 Å². The molecule has 2 heterocycles. The highest BCUT2D eigenvalue weighted by Gasteiger charge is 2.20. The van der Waals surface area contributed by atoms with Crippen LogP contribution in [0.4, 0.5) is 0 Å². The summed E-state index contributed by atoms with van der Waals surface area (Å²) in [4.78, 5) is 7.29. The molecule has 2 nitrogen and oxygen atoms in total. The standard InChI is InChI=1S/C26H22N2.C2H6/c1-4-5-8-18-17(3)27-26-20(18)13-14-22-23(26)15-16(2)11-12-21-19-9-6-7-10-24(19)28-25(21)22;1-2/h4-14,27-28H,1-2,15H2,3H3;1-2H3/b8-5-,12-11-;. The molecule has 5 rings (SSSR count). The van der Waals surface area contributed by atoms with Gasteiger partial charge in [0.15, 0.2) is 0 Å². The number of aromatic amines is 2. The lowest BCUT2D eigenvalue weighted by Crippen LogP contribution is -1.97. The van der Waals surface area contributed by atoms with Crippen LogP contribution >= 0.6 is 0 Å². The predicted molar refractivity (Wildman–Crippen MR) is 133 cm³/mol. The molecule has 2 aromatic heterocycles. The first kappa shape index (κ1) is 19.8. The third kappa shape index (κ3) is 3.15. The highest BCUT2D eigenvalue weighted by molar-refractivity contribution is 6.02. The van der Waals surface area contributed by atoms with Crippen molar-refractivity contribution in [3.63, 3.8) is 0 Å². The minimum Gasteiger partial charge on any atom is -0.358 e. The highest BCUT2D eigenvalue weighted by atomic mass is 14.7. The monoisotopic (exact) mass is 392 g/mol. The predicted octanol–water partition coefficient (Wildman–Crippen LogP) is 7.98. The van der Waals surface area contributed by atoms with E-state index in [1.54, 1.807) is 0 Å². The SMILES string of the molecule is C=C/C=C\c1c(C)[nH]c2c3c(ccc12)-c1[nH]c2ccccc2c1/C=C\C(=C)C3.CC. The van der Waals surface area contributed by atoms with Crippen LogP contribution in [0.5, 0.6) is 0 Å². The maximum Gasteiger partial charge on any atom is 0.0542 e. The van der Waals surface area contributed by atoms with Crippen LogP contribution in [0.15, 0.2) is 73.4 Å². The van der Waals surface area contributed by atoms with Gasteiger partial charge in [0.25, 0.3) is 0 Å². The Kier molecular flexibility index (Phi) is 5.33. The van der Waals surface area contributed by atoms with E-state index in [2.05, 4.69) is 84.7 Å². The molecule has 1 aliphatic rings. The van der Waals surface area contributed by atoms with Crippen LogP contribution in [0.2, 0.25) is 0 Å². The molecule has 0 unspecified atom stereocenters. The number of allylic oxidation sites excluding steroid dienone is 4. The maximum absolute atomic E-state index is 4.30. The highest BCUT2D eigenvalue weighted by Crippen LogP contribution is 2.39. The zero-order valence-corrected chi connectivity index (χ0v) is 18.0. The summed E-state index contributed by atoms with van der Waals surface area (Å²) < 4.78 is 0. The van der Waals surface area contributed by atoms with Gasteiger partial charge in [0.05, 0.1) is 11.2 Å². The molecule has 0 atom stereocenters. The van der Waals surface area contributed by atoms with E-state index in [9.17, 15) is 0 Å². The van der Waals surface area contributed by atoms with Crippen molar-refractivity contribution >= 4 is 34.0 Å². The maximum atomic E-state index is 4.30. The summed E-state index contributed by atoms with van der Waals surface area (Å²) in [7, 11) is 0. The van der Waals surface area contributed by atoms with Gasteiger partial charge >= 0.3 is 0 Å². The van der Waals surface area contributed by atoms with Crippen LogP contribution < -0.4 is 0 Å². The van der Waals surface area contributed by atoms with Crippen molar-refractivity contribution in [3.8, 4) is 11.3 Å². The molecule has 0 bridgehead atoms. The lowest BCUT2D eigenvalue weighted by Gasteiger charge is -2.14. The van der Waals surface area contributed by atoms with Crippen molar-refractivity contribution in [2.75, 3.05) is 0 Å². The topological polar surface area (TPSA) is 31.6 Å². The summed E-state index contributed by atoms with van der Waals surface area (Å²) in [5.41, 5.74) is 10.8. The average molecular weight is 393 g/mol. The Labute approximate surface area is 178 Å². The Morgan fingerprint density at radius 2 is 1.77 bits per heavy atom. The number of fused-ring (bicyclic) bond motifs is 7. The molecular formula is C28H28N2. The first-order chi connectivity index (χ1) is 14.7. The number of benzene rings is 2. The summed E-state index contributed by atoms with van der Waals surface area (Å²) >= 11 is 0. The lowest BCUT2D eigenvalue weighted by molar-refractivity contribution is 1.19. The Bertz CT molecular complexity index is 1320. The quantitative estimate of drug-likeness (QED) is 0.324. The van der Waals surface area contributed by atoms with E-state index in [1.165, 1.54) is 49.9 Å². The average Bonchev–Trinajstić information content (AvgIpc) is 3.28.